The van der Waals surface area contributed by atoms with Crippen molar-refractivity contribution in [2.45, 2.75) is 19.4 Å². The molecular weight excluding hydrogens is 126 g/mol. The second kappa shape index (κ2) is 3.32. The van der Waals surface area contributed by atoms with Crippen LogP contribution in [0.5, 0.6) is 0 Å². The van der Waals surface area contributed by atoms with Crippen molar-refractivity contribution in [3.05, 3.63) is 30.1 Å². The summed E-state index contributed by atoms with van der Waals surface area (Å²) in [7, 11) is 0. The average Bonchev–Trinajstić information content (AvgIpc) is 1.88. The normalized spacial score (nSPS) is 13.0. The van der Waals surface area contributed by atoms with Gasteiger partial charge in [-0.05, 0) is 19.1 Å². The van der Waals surface area contributed by atoms with Crippen LogP contribution in [0.25, 0.3) is 0 Å². The molecule has 1 aromatic heterocycles. The van der Waals surface area contributed by atoms with Crippen molar-refractivity contribution in [1.82, 2.24) is 4.98 Å². The first kappa shape index (κ1) is 7.22. The lowest BCUT2D eigenvalue weighted by Crippen LogP contribution is -2.05. The molecule has 10 heavy (non-hydrogen) atoms. The van der Waals surface area contributed by atoms with Crippen molar-refractivity contribution in [2.75, 3.05) is 0 Å². The lowest BCUT2D eigenvalue weighted by atomic mass is 10.2. The van der Waals surface area contributed by atoms with Crippen molar-refractivity contribution in [3.63, 3.8) is 0 Å². The number of aliphatic hydroxyl groups excluding tert-OH is 1. The predicted molar refractivity (Wildman–Crippen MR) is 38.5 cm³/mol. The Morgan fingerprint density at radius 3 is 3.10 bits per heavy atom. The van der Waals surface area contributed by atoms with E-state index in [0.717, 1.165) is 5.69 Å². The minimum absolute atomic E-state index is 0.316. The first-order chi connectivity index (χ1) is 4.79. The van der Waals surface area contributed by atoms with Crippen molar-refractivity contribution < 1.29 is 5.11 Å². The molecule has 0 saturated heterocycles. The Bertz CT molecular complexity index is 184. The van der Waals surface area contributed by atoms with Crippen LogP contribution in [-0.4, -0.2) is 16.2 Å². The maximum absolute atomic E-state index is 8.95. The van der Waals surface area contributed by atoms with Gasteiger partial charge in [-0.15, -0.1) is 0 Å². The fraction of sp³-hybridized carbons (Fsp3) is 0.375. The van der Waals surface area contributed by atoms with Crippen LogP contribution in [0.15, 0.2) is 18.2 Å². The third kappa shape index (κ3) is 2.15. The highest BCUT2D eigenvalue weighted by Crippen LogP contribution is 1.96. The van der Waals surface area contributed by atoms with Gasteiger partial charge in [-0.1, -0.05) is 6.07 Å². The van der Waals surface area contributed by atoms with E-state index in [1.165, 1.54) is 0 Å². The number of rotatable bonds is 2. The van der Waals surface area contributed by atoms with Crippen LogP contribution < -0.4 is 0 Å². The molecule has 0 fully saturated rings. The van der Waals surface area contributed by atoms with E-state index in [0.29, 0.717) is 6.42 Å². The van der Waals surface area contributed by atoms with Crippen LogP contribution >= 0.6 is 0 Å². The van der Waals surface area contributed by atoms with Gasteiger partial charge in [-0.2, -0.15) is 0 Å². The number of nitrogens with zero attached hydrogens (tertiary/aromatic N) is 1. The highest BCUT2D eigenvalue weighted by atomic mass is 16.3. The topological polar surface area (TPSA) is 33.1 Å². The Morgan fingerprint density at radius 2 is 2.60 bits per heavy atom. The summed E-state index contributed by atoms with van der Waals surface area (Å²) in [6.45, 7) is 1.74. The molecule has 0 spiro atoms. The first-order valence-electron chi connectivity index (χ1n) is 3.29. The fourth-order valence-electron chi connectivity index (χ4n) is 0.776. The number of aliphatic hydroxyl groups is 1. The summed E-state index contributed by atoms with van der Waals surface area (Å²) in [5.74, 6) is 0. The lowest BCUT2D eigenvalue weighted by Gasteiger charge is -2.00. The van der Waals surface area contributed by atoms with E-state index >= 15 is 0 Å². The Labute approximate surface area is 60.5 Å². The molecule has 0 saturated carbocycles. The summed E-state index contributed by atoms with van der Waals surface area (Å²) in [5, 5.41) is 8.95. The molecular formula is C8H10NO. The van der Waals surface area contributed by atoms with Crippen LogP contribution in [0.1, 0.15) is 12.6 Å². The van der Waals surface area contributed by atoms with Gasteiger partial charge in [0.15, 0.2) is 0 Å². The standard InChI is InChI=1S/C8H10NO/c1-7(10)6-8-4-2-3-5-9-8/h2-4,7,10H,6H2,1H3. The molecule has 0 aromatic carbocycles. The molecule has 0 aliphatic carbocycles. The minimum atomic E-state index is -0.316. The Hall–Kier alpha value is -0.890. The van der Waals surface area contributed by atoms with E-state index in [4.69, 9.17) is 5.11 Å². The van der Waals surface area contributed by atoms with Crippen molar-refractivity contribution in [1.29, 1.82) is 0 Å². The maximum atomic E-state index is 8.95. The number of hydrogen-bond acceptors (Lipinski definition) is 2. The molecule has 1 atom stereocenters. The molecule has 1 radical (unpaired) electrons. The summed E-state index contributed by atoms with van der Waals surface area (Å²) in [4.78, 5) is 3.93. The minimum Gasteiger partial charge on any atom is -0.393 e. The van der Waals surface area contributed by atoms with Gasteiger partial charge in [0.25, 0.3) is 0 Å². The van der Waals surface area contributed by atoms with Gasteiger partial charge in [0.05, 0.1) is 12.3 Å². The fourth-order valence-corrected chi connectivity index (χ4v) is 0.776. The largest absolute Gasteiger partial charge is 0.393 e. The monoisotopic (exact) mass is 136 g/mol. The molecule has 1 heterocycles. The average molecular weight is 136 g/mol. The number of aromatic nitrogens is 1. The quantitative estimate of drug-likeness (QED) is 0.652. The molecule has 1 N–H and O–H groups in total. The van der Waals surface area contributed by atoms with Gasteiger partial charge in [0, 0.05) is 12.1 Å². The predicted octanol–water partition coefficient (Wildman–Crippen LogP) is 0.805. The Morgan fingerprint density at radius 1 is 1.80 bits per heavy atom. The molecule has 0 aliphatic rings. The zero-order valence-corrected chi connectivity index (χ0v) is 5.91. The number of pyridine rings is 1. The third-order valence-corrected chi connectivity index (χ3v) is 1.17. The summed E-state index contributed by atoms with van der Waals surface area (Å²) in [6, 6.07) is 5.49. The third-order valence-electron chi connectivity index (χ3n) is 1.17. The van der Waals surface area contributed by atoms with Crippen LogP contribution in [0, 0.1) is 6.20 Å². The second-order valence-corrected chi connectivity index (χ2v) is 2.31. The Kier molecular flexibility index (Phi) is 2.40. The Balaban J connectivity index is 2.59. The molecule has 0 bridgehead atoms. The molecule has 2 nitrogen and oxygen atoms in total. The van der Waals surface area contributed by atoms with E-state index < -0.39 is 0 Å². The second-order valence-electron chi connectivity index (χ2n) is 2.31. The van der Waals surface area contributed by atoms with Gasteiger partial charge >= 0.3 is 0 Å². The van der Waals surface area contributed by atoms with Gasteiger partial charge in [0.1, 0.15) is 0 Å². The molecule has 53 valence electrons. The van der Waals surface area contributed by atoms with E-state index in [9.17, 15) is 0 Å². The highest BCUT2D eigenvalue weighted by molar-refractivity contribution is 5.03. The molecule has 1 unspecified atom stereocenters. The molecule has 1 rings (SSSR count). The van der Waals surface area contributed by atoms with E-state index in [1.54, 1.807) is 13.0 Å². The van der Waals surface area contributed by atoms with Gasteiger partial charge in [-0.3, -0.25) is 4.98 Å². The van der Waals surface area contributed by atoms with Crippen LogP contribution in [-0.2, 0) is 6.42 Å². The zero-order valence-electron chi connectivity index (χ0n) is 5.91. The first-order valence-corrected chi connectivity index (χ1v) is 3.29. The molecule has 0 amide bonds. The van der Waals surface area contributed by atoms with Crippen molar-refractivity contribution in [3.8, 4) is 0 Å². The summed E-state index contributed by atoms with van der Waals surface area (Å²) < 4.78 is 0. The summed E-state index contributed by atoms with van der Waals surface area (Å²) >= 11 is 0. The SMILES string of the molecule is CC(O)Cc1ccc[c]n1. The van der Waals surface area contributed by atoms with Gasteiger partial charge in [-0.25, -0.2) is 0 Å². The molecule has 0 aliphatic heterocycles. The van der Waals surface area contributed by atoms with Crippen molar-refractivity contribution in [2.24, 2.45) is 0 Å². The van der Waals surface area contributed by atoms with Gasteiger partial charge < -0.3 is 5.11 Å². The summed E-state index contributed by atoms with van der Waals surface area (Å²) in [5.41, 5.74) is 0.887. The molecule has 2 heteroatoms. The summed E-state index contributed by atoms with van der Waals surface area (Å²) in [6.07, 6.45) is 3.00. The maximum Gasteiger partial charge on any atom is 0.0889 e. The van der Waals surface area contributed by atoms with Gasteiger partial charge in [0.2, 0.25) is 0 Å². The lowest BCUT2D eigenvalue weighted by molar-refractivity contribution is 0.194. The van der Waals surface area contributed by atoms with Crippen LogP contribution in [0.3, 0.4) is 0 Å². The smallest absolute Gasteiger partial charge is 0.0889 e. The molecule has 1 aromatic rings. The van der Waals surface area contributed by atoms with E-state index in [-0.39, 0.29) is 6.10 Å². The highest BCUT2D eigenvalue weighted by Gasteiger charge is 1.97. The number of hydrogen-bond donors (Lipinski definition) is 1. The van der Waals surface area contributed by atoms with Crippen LogP contribution in [0.2, 0.25) is 0 Å². The van der Waals surface area contributed by atoms with Crippen LogP contribution in [0.4, 0.5) is 0 Å². The van der Waals surface area contributed by atoms with E-state index in [1.807, 2.05) is 12.1 Å². The zero-order chi connectivity index (χ0) is 7.40. The van der Waals surface area contributed by atoms with E-state index in [2.05, 4.69) is 11.2 Å². The van der Waals surface area contributed by atoms with Crippen molar-refractivity contribution >= 4 is 0 Å².